The van der Waals surface area contributed by atoms with E-state index < -0.39 is 0 Å². The average molecular weight is 231 g/mol. The molecule has 17 heavy (non-hydrogen) atoms. The van der Waals surface area contributed by atoms with Gasteiger partial charge in [-0.05, 0) is 39.0 Å². The minimum atomic E-state index is 0.888. The van der Waals surface area contributed by atoms with Gasteiger partial charge in [-0.15, -0.1) is 0 Å². The second-order valence-corrected chi connectivity index (χ2v) is 4.68. The number of allylic oxidation sites excluding steroid dienone is 1. The van der Waals surface area contributed by atoms with Crippen molar-refractivity contribution in [1.29, 1.82) is 0 Å². The Morgan fingerprint density at radius 3 is 3.06 bits per heavy atom. The molecular weight excluding hydrogens is 210 g/mol. The van der Waals surface area contributed by atoms with Crippen LogP contribution in [-0.4, -0.2) is 16.5 Å². The molecule has 1 aliphatic rings. The molecule has 1 heterocycles. The molecule has 0 bridgehead atoms. The van der Waals surface area contributed by atoms with E-state index in [4.69, 9.17) is 0 Å². The lowest BCUT2D eigenvalue weighted by atomic mass is 10.1. The molecule has 0 fully saturated rings. The number of anilines is 1. The van der Waals surface area contributed by atoms with Gasteiger partial charge in [0.1, 0.15) is 5.82 Å². The van der Waals surface area contributed by atoms with Gasteiger partial charge < -0.3 is 5.32 Å². The highest BCUT2D eigenvalue weighted by atomic mass is 15.0. The second-order valence-electron chi connectivity index (χ2n) is 4.68. The highest BCUT2D eigenvalue weighted by molar-refractivity contribution is 5.31. The van der Waals surface area contributed by atoms with Crippen LogP contribution < -0.4 is 5.32 Å². The van der Waals surface area contributed by atoms with Crippen molar-refractivity contribution in [1.82, 2.24) is 9.97 Å². The first kappa shape index (κ1) is 12.1. The van der Waals surface area contributed by atoms with Gasteiger partial charge in [0, 0.05) is 12.7 Å². The highest BCUT2D eigenvalue weighted by Gasteiger charge is 2.02. The SMILES string of the molecule is Cc1cncc(NCCC2=CCCCCC2)n1. The molecule has 0 aromatic carbocycles. The fourth-order valence-corrected chi connectivity index (χ4v) is 2.21. The van der Waals surface area contributed by atoms with Gasteiger partial charge in [0.2, 0.25) is 0 Å². The number of hydrogen-bond acceptors (Lipinski definition) is 3. The molecule has 2 rings (SSSR count). The van der Waals surface area contributed by atoms with E-state index in [1.807, 2.05) is 6.92 Å². The van der Waals surface area contributed by atoms with Crippen LogP contribution in [0, 0.1) is 6.92 Å². The molecule has 0 atom stereocenters. The third-order valence-corrected chi connectivity index (χ3v) is 3.14. The summed E-state index contributed by atoms with van der Waals surface area (Å²) in [6.45, 7) is 2.93. The maximum Gasteiger partial charge on any atom is 0.144 e. The summed E-state index contributed by atoms with van der Waals surface area (Å²) in [5, 5.41) is 3.34. The molecule has 3 nitrogen and oxygen atoms in total. The summed E-state index contributed by atoms with van der Waals surface area (Å²) < 4.78 is 0. The van der Waals surface area contributed by atoms with Crippen LogP contribution in [-0.2, 0) is 0 Å². The fourth-order valence-electron chi connectivity index (χ4n) is 2.21. The zero-order chi connectivity index (χ0) is 11.9. The Bertz CT molecular complexity index is 385. The van der Waals surface area contributed by atoms with Crippen molar-refractivity contribution in [2.45, 2.75) is 45.4 Å². The number of aryl methyl sites for hydroxylation is 1. The third kappa shape index (κ3) is 4.17. The van der Waals surface area contributed by atoms with Crippen LogP contribution in [0.3, 0.4) is 0 Å². The van der Waals surface area contributed by atoms with Gasteiger partial charge in [-0.2, -0.15) is 0 Å². The molecule has 1 aromatic rings. The van der Waals surface area contributed by atoms with Gasteiger partial charge in [0.25, 0.3) is 0 Å². The van der Waals surface area contributed by atoms with Crippen LogP contribution in [0.4, 0.5) is 5.82 Å². The molecule has 0 spiro atoms. The summed E-state index contributed by atoms with van der Waals surface area (Å²) in [7, 11) is 0. The summed E-state index contributed by atoms with van der Waals surface area (Å²) in [6.07, 6.45) is 13.8. The van der Waals surface area contributed by atoms with Gasteiger partial charge in [-0.1, -0.05) is 18.1 Å². The van der Waals surface area contributed by atoms with Gasteiger partial charge in [-0.25, -0.2) is 4.98 Å². The summed E-state index contributed by atoms with van der Waals surface area (Å²) in [5.41, 5.74) is 2.57. The lowest BCUT2D eigenvalue weighted by Gasteiger charge is -2.07. The monoisotopic (exact) mass is 231 g/mol. The molecule has 0 saturated heterocycles. The van der Waals surface area contributed by atoms with Crippen LogP contribution >= 0.6 is 0 Å². The van der Waals surface area contributed by atoms with Gasteiger partial charge >= 0.3 is 0 Å². The molecule has 3 heteroatoms. The molecule has 1 aromatic heterocycles. The standard InChI is InChI=1S/C14H21N3/c1-12-10-15-11-14(17-12)16-9-8-13-6-4-2-3-5-7-13/h6,10-11H,2-5,7-9H2,1H3,(H,16,17). The van der Waals surface area contributed by atoms with Crippen LogP contribution in [0.2, 0.25) is 0 Å². The van der Waals surface area contributed by atoms with Crippen LogP contribution in [0.15, 0.2) is 24.0 Å². The van der Waals surface area contributed by atoms with Crippen molar-refractivity contribution in [2.75, 3.05) is 11.9 Å². The number of nitrogens with one attached hydrogen (secondary N) is 1. The van der Waals surface area contributed by atoms with Gasteiger partial charge in [0.05, 0.1) is 11.9 Å². The zero-order valence-corrected chi connectivity index (χ0v) is 10.6. The van der Waals surface area contributed by atoms with Crippen molar-refractivity contribution in [3.05, 3.63) is 29.7 Å². The maximum absolute atomic E-state index is 4.38. The number of nitrogens with zero attached hydrogens (tertiary/aromatic N) is 2. The number of rotatable bonds is 4. The lowest BCUT2D eigenvalue weighted by molar-refractivity contribution is 0.703. The van der Waals surface area contributed by atoms with E-state index in [0.29, 0.717) is 0 Å². The Hall–Kier alpha value is -1.38. The van der Waals surface area contributed by atoms with E-state index in [1.165, 1.54) is 32.1 Å². The smallest absolute Gasteiger partial charge is 0.144 e. The van der Waals surface area contributed by atoms with E-state index in [2.05, 4.69) is 21.4 Å². The van der Waals surface area contributed by atoms with E-state index in [9.17, 15) is 0 Å². The van der Waals surface area contributed by atoms with E-state index >= 15 is 0 Å². The molecular formula is C14H21N3. The number of hydrogen-bond donors (Lipinski definition) is 1. The van der Waals surface area contributed by atoms with Crippen LogP contribution in [0.25, 0.3) is 0 Å². The first-order chi connectivity index (χ1) is 8.34. The second kappa shape index (κ2) is 6.38. The molecule has 0 aliphatic heterocycles. The molecule has 1 aliphatic carbocycles. The van der Waals surface area contributed by atoms with Crippen molar-refractivity contribution < 1.29 is 0 Å². The van der Waals surface area contributed by atoms with Gasteiger partial charge in [-0.3, -0.25) is 4.98 Å². The summed E-state index contributed by atoms with van der Waals surface area (Å²) in [4.78, 5) is 8.51. The molecule has 92 valence electrons. The first-order valence-corrected chi connectivity index (χ1v) is 6.55. The average Bonchev–Trinajstić information content (AvgIpc) is 2.58. The first-order valence-electron chi connectivity index (χ1n) is 6.55. The normalized spacial score (nSPS) is 16.2. The lowest BCUT2D eigenvalue weighted by Crippen LogP contribution is -2.05. The maximum atomic E-state index is 4.38. The van der Waals surface area contributed by atoms with Crippen molar-refractivity contribution in [3.63, 3.8) is 0 Å². The minimum absolute atomic E-state index is 0.888. The van der Waals surface area contributed by atoms with E-state index in [1.54, 1.807) is 18.0 Å². The Labute approximate surface area is 103 Å². The highest BCUT2D eigenvalue weighted by Crippen LogP contribution is 2.19. The van der Waals surface area contributed by atoms with E-state index in [-0.39, 0.29) is 0 Å². The number of aromatic nitrogens is 2. The predicted octanol–water partition coefficient (Wildman–Crippen LogP) is 3.48. The third-order valence-electron chi connectivity index (χ3n) is 3.14. The summed E-state index contributed by atoms with van der Waals surface area (Å²) in [6, 6.07) is 0. The summed E-state index contributed by atoms with van der Waals surface area (Å²) in [5.74, 6) is 0.888. The van der Waals surface area contributed by atoms with Gasteiger partial charge in [0.15, 0.2) is 0 Å². The van der Waals surface area contributed by atoms with Crippen molar-refractivity contribution in [2.24, 2.45) is 0 Å². The molecule has 0 radical (unpaired) electrons. The minimum Gasteiger partial charge on any atom is -0.368 e. The van der Waals surface area contributed by atoms with Crippen molar-refractivity contribution >= 4 is 5.82 Å². The molecule has 0 saturated carbocycles. The quantitative estimate of drug-likeness (QED) is 0.806. The largest absolute Gasteiger partial charge is 0.368 e. The Morgan fingerprint density at radius 2 is 2.18 bits per heavy atom. The zero-order valence-electron chi connectivity index (χ0n) is 10.6. The Morgan fingerprint density at radius 1 is 1.24 bits per heavy atom. The van der Waals surface area contributed by atoms with Crippen LogP contribution in [0.1, 0.15) is 44.2 Å². The molecule has 0 amide bonds. The molecule has 1 N–H and O–H groups in total. The fraction of sp³-hybridized carbons (Fsp3) is 0.571. The van der Waals surface area contributed by atoms with Crippen LogP contribution in [0.5, 0.6) is 0 Å². The Balaban J connectivity index is 1.77. The Kier molecular flexibility index (Phi) is 4.54. The molecule has 0 unspecified atom stereocenters. The van der Waals surface area contributed by atoms with E-state index in [0.717, 1.165) is 24.5 Å². The summed E-state index contributed by atoms with van der Waals surface area (Å²) >= 11 is 0. The van der Waals surface area contributed by atoms with Crippen molar-refractivity contribution in [3.8, 4) is 0 Å². The predicted molar refractivity (Wildman–Crippen MR) is 71.0 cm³/mol. The topological polar surface area (TPSA) is 37.8 Å².